The van der Waals surface area contributed by atoms with Gasteiger partial charge < -0.3 is 10.5 Å². The van der Waals surface area contributed by atoms with Crippen LogP contribution in [0.4, 0.5) is 0 Å². The van der Waals surface area contributed by atoms with Gasteiger partial charge in [0.1, 0.15) is 5.75 Å². The Morgan fingerprint density at radius 3 is 2.81 bits per heavy atom. The van der Waals surface area contributed by atoms with Crippen molar-refractivity contribution in [1.82, 2.24) is 19.7 Å². The zero-order valence-electron chi connectivity index (χ0n) is 14.4. The maximum atomic E-state index is 9.26. The molecule has 1 aromatic carbocycles. The molecule has 1 aliphatic carbocycles. The van der Waals surface area contributed by atoms with Crippen molar-refractivity contribution in [2.75, 3.05) is 0 Å². The summed E-state index contributed by atoms with van der Waals surface area (Å²) in [4.78, 5) is 8.77. The molecular formula is C19H18N6O. The quantitative estimate of drug-likeness (QED) is 0.778. The van der Waals surface area contributed by atoms with Gasteiger partial charge in [-0.2, -0.15) is 10.4 Å². The molecule has 0 fully saturated rings. The Morgan fingerprint density at radius 2 is 2.08 bits per heavy atom. The van der Waals surface area contributed by atoms with Crippen LogP contribution in [0.1, 0.15) is 28.8 Å². The predicted molar refractivity (Wildman–Crippen MR) is 95.4 cm³/mol. The summed E-state index contributed by atoms with van der Waals surface area (Å²) in [5.74, 6) is 1.79. The molecule has 1 aliphatic rings. The molecule has 2 N–H and O–H groups in total. The molecule has 0 amide bonds. The van der Waals surface area contributed by atoms with Crippen LogP contribution in [0.5, 0.6) is 11.6 Å². The second-order valence-electron chi connectivity index (χ2n) is 6.25. The molecule has 7 heteroatoms. The van der Waals surface area contributed by atoms with Crippen molar-refractivity contribution in [2.45, 2.75) is 25.8 Å². The van der Waals surface area contributed by atoms with Gasteiger partial charge in [-0.05, 0) is 37.5 Å². The molecule has 0 unspecified atom stereocenters. The molecule has 0 radical (unpaired) electrons. The van der Waals surface area contributed by atoms with Gasteiger partial charge in [-0.15, -0.1) is 0 Å². The number of nitriles is 1. The van der Waals surface area contributed by atoms with Crippen LogP contribution in [0.3, 0.4) is 0 Å². The van der Waals surface area contributed by atoms with Crippen LogP contribution < -0.4 is 10.5 Å². The largest absolute Gasteiger partial charge is 0.438 e. The van der Waals surface area contributed by atoms with Crippen LogP contribution in [0.25, 0.3) is 11.4 Å². The summed E-state index contributed by atoms with van der Waals surface area (Å²) in [6, 6.07) is 7.40. The topological polar surface area (TPSA) is 103 Å². The molecule has 0 saturated heterocycles. The molecule has 26 heavy (non-hydrogen) atoms. The Hall–Kier alpha value is -3.24. The third-order valence-corrected chi connectivity index (χ3v) is 4.51. The van der Waals surface area contributed by atoms with Crippen molar-refractivity contribution < 1.29 is 4.74 Å². The number of hydrogen-bond acceptors (Lipinski definition) is 6. The van der Waals surface area contributed by atoms with Gasteiger partial charge in [-0.1, -0.05) is 0 Å². The SMILES string of the molecule is Cn1nc2c(c1Oc1cc(C#N)ccc1-c1ncc(CN)cn1)CCC2. The second kappa shape index (κ2) is 6.58. The summed E-state index contributed by atoms with van der Waals surface area (Å²) in [5, 5.41) is 13.8. The monoisotopic (exact) mass is 346 g/mol. The number of fused-ring (bicyclic) bond motifs is 1. The first-order chi connectivity index (χ1) is 12.7. The van der Waals surface area contributed by atoms with Crippen molar-refractivity contribution in [1.29, 1.82) is 5.26 Å². The van der Waals surface area contributed by atoms with E-state index in [4.69, 9.17) is 10.5 Å². The summed E-state index contributed by atoms with van der Waals surface area (Å²) < 4.78 is 7.98. The molecule has 3 aromatic rings. The number of hydrogen-bond donors (Lipinski definition) is 1. The number of aryl methyl sites for hydroxylation is 2. The Kier molecular flexibility index (Phi) is 4.11. The summed E-state index contributed by atoms with van der Waals surface area (Å²) in [6.45, 7) is 0.387. The number of nitrogens with zero attached hydrogens (tertiary/aromatic N) is 5. The third kappa shape index (κ3) is 2.80. The van der Waals surface area contributed by atoms with Crippen molar-refractivity contribution in [3.05, 3.63) is 53.0 Å². The van der Waals surface area contributed by atoms with E-state index in [0.29, 0.717) is 29.6 Å². The summed E-state index contributed by atoms with van der Waals surface area (Å²) in [6.07, 6.45) is 6.41. The minimum absolute atomic E-state index is 0.387. The zero-order chi connectivity index (χ0) is 18.1. The molecule has 130 valence electrons. The van der Waals surface area contributed by atoms with Crippen LogP contribution in [0.15, 0.2) is 30.6 Å². The maximum absolute atomic E-state index is 9.26. The van der Waals surface area contributed by atoms with E-state index in [9.17, 15) is 5.26 Å². The van der Waals surface area contributed by atoms with Gasteiger partial charge in [0.15, 0.2) is 5.82 Å². The van der Waals surface area contributed by atoms with Gasteiger partial charge in [-0.3, -0.25) is 0 Å². The fourth-order valence-corrected chi connectivity index (χ4v) is 3.18. The lowest BCUT2D eigenvalue weighted by atomic mass is 10.1. The standard InChI is InChI=1S/C19H18N6O/c1-25-19(14-3-2-4-16(14)24-25)26-17-7-12(8-20)5-6-15(17)18-22-10-13(9-21)11-23-18/h5-7,10-11H,2-4,9,21H2,1H3. The summed E-state index contributed by atoms with van der Waals surface area (Å²) in [5.41, 5.74) is 9.93. The molecule has 0 atom stereocenters. The molecule has 0 bridgehead atoms. The highest BCUT2D eigenvalue weighted by Crippen LogP contribution is 2.37. The smallest absolute Gasteiger partial charge is 0.221 e. The maximum Gasteiger partial charge on any atom is 0.221 e. The average Bonchev–Trinajstić information content (AvgIpc) is 3.24. The molecule has 0 spiro atoms. The fraction of sp³-hybridized carbons (Fsp3) is 0.263. The summed E-state index contributed by atoms with van der Waals surface area (Å²) >= 11 is 0. The first kappa shape index (κ1) is 16.2. The third-order valence-electron chi connectivity index (χ3n) is 4.51. The first-order valence-corrected chi connectivity index (χ1v) is 8.47. The van der Waals surface area contributed by atoms with Gasteiger partial charge in [0.05, 0.1) is 22.9 Å². The average molecular weight is 346 g/mol. The molecule has 2 heterocycles. The highest BCUT2D eigenvalue weighted by Gasteiger charge is 2.23. The zero-order valence-corrected chi connectivity index (χ0v) is 14.4. The second-order valence-corrected chi connectivity index (χ2v) is 6.25. The van der Waals surface area contributed by atoms with Crippen LogP contribution in [0, 0.1) is 11.3 Å². The van der Waals surface area contributed by atoms with Gasteiger partial charge in [0.25, 0.3) is 0 Å². The lowest BCUT2D eigenvalue weighted by Crippen LogP contribution is -2.01. The molecule has 0 aliphatic heterocycles. The fourth-order valence-electron chi connectivity index (χ4n) is 3.18. The van der Waals surface area contributed by atoms with Crippen LogP contribution in [-0.4, -0.2) is 19.7 Å². The van der Waals surface area contributed by atoms with Gasteiger partial charge in [-0.25, -0.2) is 14.6 Å². The Balaban J connectivity index is 1.78. The number of ether oxygens (including phenoxy) is 1. The first-order valence-electron chi connectivity index (χ1n) is 8.47. The summed E-state index contributed by atoms with van der Waals surface area (Å²) in [7, 11) is 1.87. The lowest BCUT2D eigenvalue weighted by Gasteiger charge is -2.12. The van der Waals surface area contributed by atoms with Crippen LogP contribution in [0.2, 0.25) is 0 Å². The molecule has 7 nitrogen and oxygen atoms in total. The van der Waals surface area contributed by atoms with E-state index in [2.05, 4.69) is 21.1 Å². The van der Waals surface area contributed by atoms with E-state index in [-0.39, 0.29) is 0 Å². The van der Waals surface area contributed by atoms with E-state index in [1.165, 1.54) is 0 Å². The van der Waals surface area contributed by atoms with E-state index >= 15 is 0 Å². The lowest BCUT2D eigenvalue weighted by molar-refractivity contribution is 0.425. The van der Waals surface area contributed by atoms with Gasteiger partial charge >= 0.3 is 0 Å². The molecule has 0 saturated carbocycles. The minimum Gasteiger partial charge on any atom is -0.438 e. The minimum atomic E-state index is 0.387. The van der Waals surface area contributed by atoms with E-state index < -0.39 is 0 Å². The van der Waals surface area contributed by atoms with Crippen LogP contribution >= 0.6 is 0 Å². The number of rotatable bonds is 4. The Bertz CT molecular complexity index is 1000. The molecular weight excluding hydrogens is 328 g/mol. The number of benzene rings is 1. The number of aromatic nitrogens is 4. The van der Waals surface area contributed by atoms with Crippen molar-refractivity contribution in [3.63, 3.8) is 0 Å². The Labute approximate surface area is 151 Å². The molecule has 2 aromatic heterocycles. The number of nitrogens with two attached hydrogens (primary N) is 1. The highest BCUT2D eigenvalue weighted by molar-refractivity contribution is 5.66. The highest BCUT2D eigenvalue weighted by atomic mass is 16.5. The van der Waals surface area contributed by atoms with Crippen LogP contribution in [-0.2, 0) is 26.4 Å². The van der Waals surface area contributed by atoms with Gasteiger partial charge in [0, 0.05) is 37.1 Å². The van der Waals surface area contributed by atoms with Gasteiger partial charge in [0.2, 0.25) is 5.88 Å². The Morgan fingerprint density at radius 1 is 1.27 bits per heavy atom. The van der Waals surface area contributed by atoms with E-state index in [1.807, 2.05) is 13.1 Å². The molecule has 4 rings (SSSR count). The predicted octanol–water partition coefficient (Wildman–Crippen LogP) is 2.49. The van der Waals surface area contributed by atoms with E-state index in [0.717, 1.165) is 41.6 Å². The normalized spacial score (nSPS) is 12.7. The van der Waals surface area contributed by atoms with Crippen molar-refractivity contribution >= 4 is 0 Å². The van der Waals surface area contributed by atoms with Crippen molar-refractivity contribution in [2.24, 2.45) is 12.8 Å². The van der Waals surface area contributed by atoms with Crippen molar-refractivity contribution in [3.8, 4) is 29.1 Å². The van der Waals surface area contributed by atoms with E-state index in [1.54, 1.807) is 29.2 Å².